The lowest BCUT2D eigenvalue weighted by Gasteiger charge is -2.03. The van der Waals surface area contributed by atoms with E-state index >= 15 is 0 Å². The number of rotatable bonds is 1. The van der Waals surface area contributed by atoms with Gasteiger partial charge in [-0.3, -0.25) is 4.98 Å². The van der Waals surface area contributed by atoms with E-state index in [1.807, 2.05) is 0 Å². The third-order valence-corrected chi connectivity index (χ3v) is 1.79. The van der Waals surface area contributed by atoms with Crippen LogP contribution in [-0.4, -0.2) is 16.3 Å². The Morgan fingerprint density at radius 3 is 2.57 bits per heavy atom. The molecular weight excluding hydrogens is 240 g/mol. The molecule has 0 aliphatic carbocycles. The number of nitrogens with zero attached hydrogens (tertiary/aromatic N) is 2. The van der Waals surface area contributed by atoms with Crippen LogP contribution in [0.15, 0.2) is 23.5 Å². The van der Waals surface area contributed by atoms with E-state index in [4.69, 9.17) is 23.2 Å². The van der Waals surface area contributed by atoms with Crippen LogP contribution in [0.25, 0.3) is 0 Å². The van der Waals surface area contributed by atoms with Gasteiger partial charge in [0.05, 0.1) is 10.7 Å². The van der Waals surface area contributed by atoms with Crippen LogP contribution >= 0.6 is 23.2 Å². The zero-order valence-electron chi connectivity index (χ0n) is 6.52. The Balaban J connectivity index is 3.04. The van der Waals surface area contributed by atoms with Crippen molar-refractivity contribution >= 4 is 34.1 Å². The highest BCUT2D eigenvalue weighted by molar-refractivity contribution is 6.67. The smallest absolute Gasteiger partial charge is 0.263 e. The number of aromatic nitrogens is 1. The third kappa shape index (κ3) is 2.85. The number of halogens is 5. The highest BCUT2D eigenvalue weighted by atomic mass is 35.5. The van der Waals surface area contributed by atoms with Crippen molar-refractivity contribution in [3.63, 3.8) is 0 Å². The van der Waals surface area contributed by atoms with E-state index in [1.54, 1.807) is 0 Å². The highest BCUT2D eigenvalue weighted by Gasteiger charge is 2.34. The van der Waals surface area contributed by atoms with Gasteiger partial charge < -0.3 is 0 Å². The van der Waals surface area contributed by atoms with Gasteiger partial charge >= 0.3 is 6.18 Å². The molecule has 0 radical (unpaired) electrons. The summed E-state index contributed by atoms with van der Waals surface area (Å²) in [6.45, 7) is 0. The van der Waals surface area contributed by atoms with Gasteiger partial charge in [0.1, 0.15) is 0 Å². The van der Waals surface area contributed by atoms with E-state index in [0.29, 0.717) is 0 Å². The Hall–Kier alpha value is -0.810. The molecule has 1 aromatic heterocycles. The molecular formula is C7H3Cl2F3N2. The quantitative estimate of drug-likeness (QED) is 0.692. The van der Waals surface area contributed by atoms with Crippen molar-refractivity contribution in [2.45, 2.75) is 6.18 Å². The molecule has 76 valence electrons. The van der Waals surface area contributed by atoms with Crippen LogP contribution in [0.5, 0.6) is 0 Å². The molecule has 0 saturated heterocycles. The number of alkyl halides is 3. The van der Waals surface area contributed by atoms with E-state index in [-0.39, 0.29) is 10.7 Å². The molecule has 0 N–H and O–H groups in total. The monoisotopic (exact) mass is 242 g/mol. The van der Waals surface area contributed by atoms with E-state index in [1.165, 1.54) is 18.5 Å². The van der Waals surface area contributed by atoms with Crippen LogP contribution in [-0.2, 0) is 0 Å². The van der Waals surface area contributed by atoms with E-state index < -0.39 is 11.3 Å². The molecule has 0 aromatic carbocycles. The highest BCUT2D eigenvalue weighted by Crippen LogP contribution is 2.27. The van der Waals surface area contributed by atoms with E-state index in [0.717, 1.165) is 0 Å². The fourth-order valence-corrected chi connectivity index (χ4v) is 0.880. The van der Waals surface area contributed by atoms with Crippen LogP contribution in [0.1, 0.15) is 0 Å². The van der Waals surface area contributed by atoms with Gasteiger partial charge in [-0.2, -0.15) is 13.2 Å². The molecule has 0 fully saturated rings. The lowest BCUT2D eigenvalue weighted by Crippen LogP contribution is -2.16. The minimum Gasteiger partial charge on any atom is -0.263 e. The normalized spacial score (nSPS) is 13.1. The summed E-state index contributed by atoms with van der Waals surface area (Å²) in [5.41, 5.74) is -0.0657. The largest absolute Gasteiger partial charge is 0.444 e. The Kier molecular flexibility index (Phi) is 3.34. The van der Waals surface area contributed by atoms with E-state index in [2.05, 4.69) is 9.98 Å². The van der Waals surface area contributed by atoms with Gasteiger partial charge in [0.25, 0.3) is 0 Å². The molecule has 1 aromatic rings. The molecule has 0 unspecified atom stereocenters. The molecule has 14 heavy (non-hydrogen) atoms. The van der Waals surface area contributed by atoms with Crippen molar-refractivity contribution in [2.75, 3.05) is 0 Å². The van der Waals surface area contributed by atoms with E-state index in [9.17, 15) is 13.2 Å². The molecule has 7 heteroatoms. The zero-order chi connectivity index (χ0) is 10.8. The number of hydrogen-bond donors (Lipinski definition) is 0. The fraction of sp³-hybridized carbons (Fsp3) is 0.143. The lowest BCUT2D eigenvalue weighted by molar-refractivity contribution is -0.0558. The summed E-state index contributed by atoms with van der Waals surface area (Å²) in [7, 11) is 0. The molecule has 0 aliphatic heterocycles. The second kappa shape index (κ2) is 4.14. The average molecular weight is 243 g/mol. The maximum atomic E-state index is 11.9. The average Bonchev–Trinajstić information content (AvgIpc) is 2.07. The number of pyridine rings is 1. The van der Waals surface area contributed by atoms with Gasteiger partial charge in [-0.05, 0) is 6.07 Å². The van der Waals surface area contributed by atoms with Crippen LogP contribution in [0, 0.1) is 0 Å². The first kappa shape index (κ1) is 11.3. The summed E-state index contributed by atoms with van der Waals surface area (Å²) in [4.78, 5) is 6.70. The third-order valence-electron chi connectivity index (χ3n) is 1.20. The van der Waals surface area contributed by atoms with Crippen molar-refractivity contribution in [3.8, 4) is 0 Å². The first-order valence-electron chi connectivity index (χ1n) is 3.32. The second-order valence-corrected chi connectivity index (χ2v) is 2.99. The van der Waals surface area contributed by atoms with Crippen LogP contribution in [0.4, 0.5) is 18.9 Å². The minimum absolute atomic E-state index is 0.00917. The fourth-order valence-electron chi connectivity index (χ4n) is 0.628. The maximum absolute atomic E-state index is 11.9. The molecule has 0 atom stereocenters. The predicted octanol–water partition coefficient (Wildman–Crippen LogP) is 3.57. The maximum Gasteiger partial charge on any atom is 0.444 e. The molecule has 0 aliphatic rings. The van der Waals surface area contributed by atoms with Gasteiger partial charge in [0.2, 0.25) is 5.17 Å². The molecule has 1 heterocycles. The molecule has 0 saturated carbocycles. The van der Waals surface area contributed by atoms with Gasteiger partial charge in [-0.1, -0.05) is 23.2 Å². The van der Waals surface area contributed by atoms with Crippen molar-refractivity contribution < 1.29 is 13.2 Å². The molecule has 2 nitrogen and oxygen atoms in total. The summed E-state index contributed by atoms with van der Waals surface area (Å²) < 4.78 is 35.8. The zero-order valence-corrected chi connectivity index (χ0v) is 8.03. The van der Waals surface area contributed by atoms with Gasteiger partial charge in [0, 0.05) is 12.4 Å². The Bertz CT molecular complexity index is 362. The SMILES string of the molecule is FC(F)(F)C(Cl)=Nc1ccncc1Cl. The second-order valence-electron chi connectivity index (χ2n) is 2.23. The summed E-state index contributed by atoms with van der Waals surface area (Å²) in [6, 6.07) is 1.23. The van der Waals surface area contributed by atoms with Gasteiger partial charge in [-0.25, -0.2) is 4.99 Å². The number of hydrogen-bond acceptors (Lipinski definition) is 2. The number of aliphatic imine (C=N–C) groups is 1. The first-order valence-corrected chi connectivity index (χ1v) is 4.08. The van der Waals surface area contributed by atoms with Crippen molar-refractivity contribution in [1.82, 2.24) is 4.98 Å². The van der Waals surface area contributed by atoms with Gasteiger partial charge in [-0.15, -0.1) is 0 Å². The van der Waals surface area contributed by atoms with Crippen molar-refractivity contribution in [2.24, 2.45) is 4.99 Å². The van der Waals surface area contributed by atoms with Crippen LogP contribution in [0.2, 0.25) is 5.02 Å². The summed E-state index contributed by atoms with van der Waals surface area (Å²) in [5.74, 6) is 0. The molecule has 0 spiro atoms. The predicted molar refractivity (Wildman–Crippen MR) is 48.3 cm³/mol. The Morgan fingerprint density at radius 2 is 2.07 bits per heavy atom. The Morgan fingerprint density at radius 1 is 1.43 bits per heavy atom. The standard InChI is InChI=1S/C7H3Cl2F3N2/c8-4-3-13-2-1-5(4)14-6(9)7(10,11)12/h1-3H. The van der Waals surface area contributed by atoms with Crippen LogP contribution in [0.3, 0.4) is 0 Å². The summed E-state index contributed by atoms with van der Waals surface area (Å²) in [5, 5.41) is -1.46. The first-order chi connectivity index (χ1) is 6.41. The van der Waals surface area contributed by atoms with Gasteiger partial charge in [0.15, 0.2) is 0 Å². The Labute approximate surface area is 87.4 Å². The summed E-state index contributed by atoms with van der Waals surface area (Å²) in [6.07, 6.45) is -2.21. The molecule has 1 rings (SSSR count). The van der Waals surface area contributed by atoms with Crippen molar-refractivity contribution in [1.29, 1.82) is 0 Å². The molecule has 0 bridgehead atoms. The molecule has 0 amide bonds. The summed E-state index contributed by atoms with van der Waals surface area (Å²) >= 11 is 10.4. The lowest BCUT2D eigenvalue weighted by atomic mass is 10.4. The van der Waals surface area contributed by atoms with Crippen molar-refractivity contribution in [3.05, 3.63) is 23.5 Å². The minimum atomic E-state index is -4.66. The van der Waals surface area contributed by atoms with Crippen LogP contribution < -0.4 is 0 Å². The topological polar surface area (TPSA) is 25.2 Å².